The maximum Gasteiger partial charge on any atom is 0.410 e. The molecule has 1 aromatic carbocycles. The average molecular weight is 438 g/mol. The second-order valence-electron chi connectivity index (χ2n) is 7.94. The maximum atomic E-state index is 12.5. The van der Waals surface area contributed by atoms with Gasteiger partial charge in [0.25, 0.3) is 0 Å². The number of rotatable bonds is 3. The number of fused-ring (bicyclic) bond motifs is 1. The van der Waals surface area contributed by atoms with Crippen molar-refractivity contribution in [3.05, 3.63) is 16.6 Å². The molecule has 148 valence electrons. The van der Waals surface area contributed by atoms with Crippen molar-refractivity contribution < 1.29 is 9.53 Å². The Kier molecular flexibility index (Phi) is 5.65. The third-order valence-corrected chi connectivity index (χ3v) is 5.42. The first-order chi connectivity index (χ1) is 12.7. The number of aryl methyl sites for hydroxylation is 1. The fourth-order valence-electron chi connectivity index (χ4n) is 3.58. The number of benzene rings is 1. The quantitative estimate of drug-likeness (QED) is 0.726. The van der Waals surface area contributed by atoms with E-state index in [4.69, 9.17) is 4.74 Å². The fraction of sp³-hybridized carbons (Fsp3) is 0.632. The number of halogens is 1. The van der Waals surface area contributed by atoms with Gasteiger partial charge in [-0.3, -0.25) is 0 Å². The minimum atomic E-state index is -0.472. The summed E-state index contributed by atoms with van der Waals surface area (Å²) in [5, 5.41) is 8.98. The molecule has 0 atom stereocenters. The van der Waals surface area contributed by atoms with Crippen LogP contribution in [0.25, 0.3) is 11.0 Å². The lowest BCUT2D eigenvalue weighted by Gasteiger charge is -2.39. The number of carbonyl (C=O) groups excluding carboxylic acids is 1. The Hall–Kier alpha value is -1.83. The average Bonchev–Trinajstić information content (AvgIpc) is 2.97. The highest BCUT2D eigenvalue weighted by Gasteiger charge is 2.31. The molecule has 0 aliphatic carbocycles. The smallest absolute Gasteiger partial charge is 0.410 e. The summed E-state index contributed by atoms with van der Waals surface area (Å²) in [6.45, 7) is 10.1. The van der Waals surface area contributed by atoms with Gasteiger partial charge in [-0.05, 0) is 68.6 Å². The Labute approximate surface area is 168 Å². The molecule has 1 aliphatic heterocycles. The highest BCUT2D eigenvalue weighted by atomic mass is 79.9. The van der Waals surface area contributed by atoms with Gasteiger partial charge in [0.2, 0.25) is 0 Å². The monoisotopic (exact) mass is 437 g/mol. The van der Waals surface area contributed by atoms with Crippen LogP contribution in [-0.4, -0.2) is 57.3 Å². The molecule has 2 heterocycles. The topological polar surface area (TPSA) is 63.5 Å². The Bertz CT molecular complexity index is 821. The van der Waals surface area contributed by atoms with Crippen molar-refractivity contribution in [2.24, 2.45) is 7.05 Å². The van der Waals surface area contributed by atoms with Crippen LogP contribution in [0.15, 0.2) is 16.6 Å². The Morgan fingerprint density at radius 1 is 1.26 bits per heavy atom. The fourth-order valence-corrected chi connectivity index (χ4v) is 3.98. The van der Waals surface area contributed by atoms with E-state index >= 15 is 0 Å². The molecular formula is C19H28BrN5O2. The van der Waals surface area contributed by atoms with Gasteiger partial charge in [-0.2, -0.15) is 15.0 Å². The maximum absolute atomic E-state index is 12.5. The normalized spacial score (nSPS) is 16.0. The predicted molar refractivity (Wildman–Crippen MR) is 110 cm³/mol. The molecule has 8 heteroatoms. The first-order valence-corrected chi connectivity index (χ1v) is 10.2. The molecule has 0 radical (unpaired) electrons. The molecule has 1 amide bonds. The van der Waals surface area contributed by atoms with E-state index < -0.39 is 5.60 Å². The van der Waals surface area contributed by atoms with Crippen LogP contribution in [0.4, 0.5) is 10.5 Å². The number of ether oxygens (including phenoxy) is 1. The van der Waals surface area contributed by atoms with E-state index in [1.54, 1.807) is 4.80 Å². The van der Waals surface area contributed by atoms with Gasteiger partial charge in [0, 0.05) is 37.2 Å². The summed E-state index contributed by atoms with van der Waals surface area (Å²) >= 11 is 3.55. The van der Waals surface area contributed by atoms with Gasteiger partial charge in [-0.1, -0.05) is 0 Å². The van der Waals surface area contributed by atoms with Crippen LogP contribution in [0.2, 0.25) is 0 Å². The van der Waals surface area contributed by atoms with Gasteiger partial charge >= 0.3 is 6.09 Å². The zero-order valence-electron chi connectivity index (χ0n) is 16.7. The summed E-state index contributed by atoms with van der Waals surface area (Å²) in [6.07, 6.45) is 1.60. The first-order valence-electron chi connectivity index (χ1n) is 9.43. The number of piperidine rings is 1. The lowest BCUT2D eigenvalue weighted by atomic mass is 10.0. The van der Waals surface area contributed by atoms with Crippen molar-refractivity contribution >= 4 is 38.7 Å². The molecule has 2 aromatic rings. The molecule has 7 nitrogen and oxygen atoms in total. The minimum absolute atomic E-state index is 0.203. The highest BCUT2D eigenvalue weighted by molar-refractivity contribution is 9.10. The summed E-state index contributed by atoms with van der Waals surface area (Å²) in [7, 11) is 1.84. The van der Waals surface area contributed by atoms with Crippen LogP contribution in [0.3, 0.4) is 0 Å². The van der Waals surface area contributed by atoms with Crippen LogP contribution in [0.1, 0.15) is 40.5 Å². The van der Waals surface area contributed by atoms with Crippen LogP contribution in [0.5, 0.6) is 0 Å². The molecule has 0 bridgehead atoms. The predicted octanol–water partition coefficient (Wildman–Crippen LogP) is 3.96. The second-order valence-corrected chi connectivity index (χ2v) is 8.79. The van der Waals surface area contributed by atoms with E-state index in [1.165, 1.54) is 0 Å². The summed E-state index contributed by atoms with van der Waals surface area (Å²) in [6, 6.07) is 4.32. The van der Waals surface area contributed by atoms with E-state index in [9.17, 15) is 4.79 Å². The second kappa shape index (κ2) is 7.66. The third kappa shape index (κ3) is 4.36. The summed E-state index contributed by atoms with van der Waals surface area (Å²) in [5.41, 5.74) is 2.41. The molecule has 0 N–H and O–H groups in total. The van der Waals surface area contributed by atoms with E-state index in [-0.39, 0.29) is 12.1 Å². The van der Waals surface area contributed by atoms with Gasteiger partial charge in [-0.15, -0.1) is 0 Å². The van der Waals surface area contributed by atoms with Crippen molar-refractivity contribution in [3.8, 4) is 0 Å². The molecule has 0 saturated carbocycles. The van der Waals surface area contributed by atoms with Crippen LogP contribution < -0.4 is 4.90 Å². The number of aromatic nitrogens is 3. The first kappa shape index (κ1) is 19.9. The third-order valence-electron chi connectivity index (χ3n) is 4.78. The largest absolute Gasteiger partial charge is 0.444 e. The van der Waals surface area contributed by atoms with Gasteiger partial charge < -0.3 is 14.5 Å². The zero-order valence-corrected chi connectivity index (χ0v) is 18.3. The lowest BCUT2D eigenvalue weighted by Crippen LogP contribution is -2.48. The van der Waals surface area contributed by atoms with E-state index in [0.29, 0.717) is 6.54 Å². The molecule has 0 unspecified atom stereocenters. The van der Waals surface area contributed by atoms with Crippen LogP contribution in [0, 0.1) is 0 Å². The molecule has 0 spiro atoms. The minimum Gasteiger partial charge on any atom is -0.444 e. The molecule has 27 heavy (non-hydrogen) atoms. The van der Waals surface area contributed by atoms with Gasteiger partial charge in [-0.25, -0.2) is 4.79 Å². The van der Waals surface area contributed by atoms with Gasteiger partial charge in [0.15, 0.2) is 0 Å². The number of hydrogen-bond donors (Lipinski definition) is 0. The van der Waals surface area contributed by atoms with Crippen molar-refractivity contribution in [1.82, 2.24) is 19.9 Å². The van der Waals surface area contributed by atoms with Crippen LogP contribution >= 0.6 is 15.9 Å². The van der Waals surface area contributed by atoms with Crippen molar-refractivity contribution in [2.45, 2.75) is 52.2 Å². The standard InChI is InChI=1S/C19H28BrN5O2/c1-6-25(18(26)27-19(2,3)4)13-9-11-24(12-10-13)15-8-7-14(20)16-17(15)22-23(5)21-16/h7-8,13H,6,9-12H2,1-5H3. The Morgan fingerprint density at radius 2 is 1.89 bits per heavy atom. The molecule has 1 aliphatic rings. The van der Waals surface area contributed by atoms with Crippen LogP contribution in [-0.2, 0) is 11.8 Å². The van der Waals surface area contributed by atoms with E-state index in [1.807, 2.05) is 45.7 Å². The molecule has 1 aromatic heterocycles. The van der Waals surface area contributed by atoms with E-state index in [0.717, 1.165) is 47.1 Å². The van der Waals surface area contributed by atoms with Gasteiger partial charge in [0.05, 0.1) is 5.69 Å². The zero-order chi connectivity index (χ0) is 19.8. The summed E-state index contributed by atoms with van der Waals surface area (Å²) in [4.78, 5) is 18.3. The molecule has 3 rings (SSSR count). The lowest BCUT2D eigenvalue weighted by molar-refractivity contribution is 0.0149. The number of anilines is 1. The van der Waals surface area contributed by atoms with Crippen molar-refractivity contribution in [1.29, 1.82) is 0 Å². The number of carbonyl (C=O) groups is 1. The van der Waals surface area contributed by atoms with Crippen molar-refractivity contribution in [2.75, 3.05) is 24.5 Å². The Morgan fingerprint density at radius 3 is 2.48 bits per heavy atom. The summed E-state index contributed by atoms with van der Waals surface area (Å²) in [5.74, 6) is 0. The SMILES string of the molecule is CCN(C(=O)OC(C)(C)C)C1CCN(c2ccc(Br)c3nn(C)nc23)CC1. The molecule has 1 saturated heterocycles. The molecule has 1 fully saturated rings. The van der Waals surface area contributed by atoms with Gasteiger partial charge in [0.1, 0.15) is 16.6 Å². The highest BCUT2D eigenvalue weighted by Crippen LogP contribution is 2.32. The summed E-state index contributed by atoms with van der Waals surface area (Å²) < 4.78 is 6.53. The number of hydrogen-bond acceptors (Lipinski definition) is 5. The van der Waals surface area contributed by atoms with Crippen molar-refractivity contribution in [3.63, 3.8) is 0 Å². The number of nitrogens with zero attached hydrogens (tertiary/aromatic N) is 5. The van der Waals surface area contributed by atoms with E-state index in [2.05, 4.69) is 37.1 Å². The Balaban J connectivity index is 1.72. The molecular weight excluding hydrogens is 410 g/mol. The number of amides is 1.